The summed E-state index contributed by atoms with van der Waals surface area (Å²) in [4.78, 5) is 12.7. The van der Waals surface area contributed by atoms with Gasteiger partial charge >= 0.3 is 0 Å². The third-order valence-electron chi connectivity index (χ3n) is 5.58. The van der Waals surface area contributed by atoms with E-state index in [2.05, 4.69) is 27.3 Å². The number of hydrogen-bond acceptors (Lipinski definition) is 3. The van der Waals surface area contributed by atoms with Gasteiger partial charge in [-0.2, -0.15) is 0 Å². The second kappa shape index (κ2) is 8.68. The van der Waals surface area contributed by atoms with Gasteiger partial charge in [0.25, 0.3) is 0 Å². The van der Waals surface area contributed by atoms with Crippen molar-refractivity contribution in [2.75, 3.05) is 11.9 Å². The predicted molar refractivity (Wildman–Crippen MR) is 125 cm³/mol. The van der Waals surface area contributed by atoms with Crippen LogP contribution in [-0.4, -0.2) is 12.5 Å². The van der Waals surface area contributed by atoms with Crippen molar-refractivity contribution >= 4 is 44.1 Å². The third kappa shape index (κ3) is 4.17. The van der Waals surface area contributed by atoms with Crippen LogP contribution < -0.4 is 10.1 Å². The van der Waals surface area contributed by atoms with Gasteiger partial charge in [-0.1, -0.05) is 15.9 Å². The van der Waals surface area contributed by atoms with E-state index in [1.165, 1.54) is 18.4 Å². The average Bonchev–Trinajstić information content (AvgIpc) is 3.07. The Morgan fingerprint density at radius 1 is 1.23 bits per heavy atom. The molecule has 1 amide bonds. The van der Waals surface area contributed by atoms with Crippen LogP contribution in [0, 0.1) is 6.92 Å². The number of carbonyl (C=O) groups excluding carboxylic acids is 1. The number of ether oxygens (including phenoxy) is 1. The van der Waals surface area contributed by atoms with Gasteiger partial charge < -0.3 is 14.5 Å². The number of carbonyl (C=O) groups is 1. The van der Waals surface area contributed by atoms with Gasteiger partial charge in [0.05, 0.1) is 6.61 Å². The molecular weight excluding hydrogens is 442 g/mol. The standard InChI is InChI=1S/C25H26BrNO3/c1-4-29-23-14-24-20(18-7-5-6-8-22(18)30-24)13-19(23)15(2)12-25(28)27-21-10-9-17(26)11-16(21)3/h9-14H,4-8H2,1-3H3,(H,27,28)/b15-12+. The van der Waals surface area contributed by atoms with Crippen molar-refractivity contribution in [3.05, 3.63) is 63.3 Å². The van der Waals surface area contributed by atoms with Crippen LogP contribution in [0.5, 0.6) is 5.75 Å². The SMILES string of the molecule is CCOc1cc2oc3c(c2cc1/C(C)=C/C(=O)Nc1ccc(Br)cc1C)CCCC3. The van der Waals surface area contributed by atoms with Crippen LogP contribution in [0.15, 0.2) is 45.3 Å². The van der Waals surface area contributed by atoms with Gasteiger partial charge in [0.1, 0.15) is 17.1 Å². The highest BCUT2D eigenvalue weighted by molar-refractivity contribution is 9.10. The molecule has 4 rings (SSSR count). The van der Waals surface area contributed by atoms with Crippen molar-refractivity contribution in [2.45, 2.75) is 46.5 Å². The maximum Gasteiger partial charge on any atom is 0.248 e. The smallest absolute Gasteiger partial charge is 0.248 e. The van der Waals surface area contributed by atoms with Gasteiger partial charge in [-0.3, -0.25) is 4.79 Å². The lowest BCUT2D eigenvalue weighted by atomic mass is 9.94. The van der Waals surface area contributed by atoms with E-state index in [0.29, 0.717) is 6.61 Å². The molecule has 2 aromatic carbocycles. The average molecular weight is 468 g/mol. The van der Waals surface area contributed by atoms with E-state index in [1.807, 2.05) is 45.0 Å². The number of anilines is 1. The van der Waals surface area contributed by atoms with Gasteiger partial charge in [-0.05, 0) is 75.4 Å². The lowest BCUT2D eigenvalue weighted by molar-refractivity contribution is -0.111. The van der Waals surface area contributed by atoms with Gasteiger partial charge in [-0.25, -0.2) is 0 Å². The summed E-state index contributed by atoms with van der Waals surface area (Å²) in [6.07, 6.45) is 6.03. The maximum atomic E-state index is 12.7. The zero-order valence-corrected chi connectivity index (χ0v) is 19.2. The molecule has 5 heteroatoms. The number of fused-ring (bicyclic) bond motifs is 3. The van der Waals surface area contributed by atoms with Crippen LogP contribution in [0.2, 0.25) is 0 Å². The van der Waals surface area contributed by atoms with E-state index in [0.717, 1.165) is 62.2 Å². The first-order valence-corrected chi connectivity index (χ1v) is 11.2. The molecule has 0 spiro atoms. The van der Waals surface area contributed by atoms with Crippen molar-refractivity contribution in [3.8, 4) is 5.75 Å². The topological polar surface area (TPSA) is 51.5 Å². The minimum atomic E-state index is -0.158. The fourth-order valence-corrected chi connectivity index (χ4v) is 4.56. The van der Waals surface area contributed by atoms with E-state index in [4.69, 9.17) is 9.15 Å². The van der Waals surface area contributed by atoms with Crippen LogP contribution >= 0.6 is 15.9 Å². The largest absolute Gasteiger partial charge is 0.493 e. The fraction of sp³-hybridized carbons (Fsp3) is 0.320. The Bertz CT molecular complexity index is 1140. The molecule has 0 aliphatic heterocycles. The first-order chi connectivity index (χ1) is 14.5. The number of benzene rings is 2. The molecule has 0 radical (unpaired) electrons. The molecule has 0 atom stereocenters. The van der Waals surface area contributed by atoms with Crippen molar-refractivity contribution in [1.82, 2.24) is 0 Å². The van der Waals surface area contributed by atoms with Crippen LogP contribution in [0.3, 0.4) is 0 Å². The number of furan rings is 1. The van der Waals surface area contributed by atoms with Gasteiger partial charge in [0, 0.05) is 45.2 Å². The summed E-state index contributed by atoms with van der Waals surface area (Å²) in [6, 6.07) is 9.90. The summed E-state index contributed by atoms with van der Waals surface area (Å²) in [5.41, 5.74) is 5.78. The summed E-state index contributed by atoms with van der Waals surface area (Å²) >= 11 is 3.45. The number of allylic oxidation sites excluding steroid dienone is 1. The summed E-state index contributed by atoms with van der Waals surface area (Å²) < 4.78 is 13.0. The number of rotatable bonds is 5. The lowest BCUT2D eigenvalue weighted by Crippen LogP contribution is -2.10. The second-order valence-corrected chi connectivity index (χ2v) is 8.68. The Balaban J connectivity index is 1.68. The zero-order valence-electron chi connectivity index (χ0n) is 17.6. The van der Waals surface area contributed by atoms with Crippen LogP contribution in [0.4, 0.5) is 5.69 Å². The molecule has 30 heavy (non-hydrogen) atoms. The van der Waals surface area contributed by atoms with E-state index in [9.17, 15) is 4.79 Å². The molecule has 1 aliphatic carbocycles. The maximum absolute atomic E-state index is 12.7. The first-order valence-electron chi connectivity index (χ1n) is 10.4. The highest BCUT2D eigenvalue weighted by Crippen LogP contribution is 2.38. The summed E-state index contributed by atoms with van der Waals surface area (Å²) in [6.45, 7) is 6.43. The molecule has 0 bridgehead atoms. The Kier molecular flexibility index (Phi) is 6.00. The molecule has 4 nitrogen and oxygen atoms in total. The molecule has 1 N–H and O–H groups in total. The number of amides is 1. The molecule has 1 aliphatic rings. The van der Waals surface area contributed by atoms with Gasteiger partial charge in [-0.15, -0.1) is 0 Å². The second-order valence-electron chi connectivity index (χ2n) is 7.76. The van der Waals surface area contributed by atoms with Crippen LogP contribution in [0.1, 0.15) is 49.1 Å². The highest BCUT2D eigenvalue weighted by atomic mass is 79.9. The monoisotopic (exact) mass is 467 g/mol. The number of hydrogen-bond donors (Lipinski definition) is 1. The molecular formula is C25H26BrNO3. The van der Waals surface area contributed by atoms with Crippen molar-refractivity contribution in [2.24, 2.45) is 0 Å². The first kappa shape index (κ1) is 20.7. The number of aryl methyl sites for hydroxylation is 3. The third-order valence-corrected chi connectivity index (χ3v) is 6.07. The van der Waals surface area contributed by atoms with E-state index < -0.39 is 0 Å². The van der Waals surface area contributed by atoms with Gasteiger partial charge in [0.15, 0.2) is 0 Å². The van der Waals surface area contributed by atoms with Crippen LogP contribution in [-0.2, 0) is 17.6 Å². The van der Waals surface area contributed by atoms with Crippen molar-refractivity contribution in [3.63, 3.8) is 0 Å². The Morgan fingerprint density at radius 3 is 2.80 bits per heavy atom. The molecule has 156 valence electrons. The normalized spacial score (nSPS) is 13.9. The van der Waals surface area contributed by atoms with E-state index in [1.54, 1.807) is 6.08 Å². The molecule has 3 aromatic rings. The molecule has 0 saturated carbocycles. The minimum absolute atomic E-state index is 0.158. The molecule has 0 unspecified atom stereocenters. The Labute approximate surface area is 185 Å². The summed E-state index contributed by atoms with van der Waals surface area (Å²) in [5.74, 6) is 1.69. The molecule has 0 fully saturated rings. The molecule has 1 heterocycles. The van der Waals surface area contributed by atoms with Gasteiger partial charge in [0.2, 0.25) is 5.91 Å². The Morgan fingerprint density at radius 2 is 2.03 bits per heavy atom. The van der Waals surface area contributed by atoms with Crippen molar-refractivity contribution < 1.29 is 13.9 Å². The minimum Gasteiger partial charge on any atom is -0.493 e. The van der Waals surface area contributed by atoms with Crippen molar-refractivity contribution in [1.29, 1.82) is 0 Å². The fourth-order valence-electron chi connectivity index (χ4n) is 4.08. The summed E-state index contributed by atoms with van der Waals surface area (Å²) in [7, 11) is 0. The highest BCUT2D eigenvalue weighted by Gasteiger charge is 2.20. The molecule has 1 aromatic heterocycles. The quantitative estimate of drug-likeness (QED) is 0.418. The lowest BCUT2D eigenvalue weighted by Gasteiger charge is -2.12. The predicted octanol–water partition coefficient (Wildman–Crippen LogP) is 6.82. The van der Waals surface area contributed by atoms with Crippen LogP contribution in [0.25, 0.3) is 16.5 Å². The zero-order chi connectivity index (χ0) is 21.3. The van der Waals surface area contributed by atoms with E-state index >= 15 is 0 Å². The van der Waals surface area contributed by atoms with E-state index in [-0.39, 0.29) is 5.91 Å². The molecule has 0 saturated heterocycles. The Hall–Kier alpha value is -2.53. The summed E-state index contributed by atoms with van der Waals surface area (Å²) in [5, 5.41) is 4.12. The number of halogens is 1. The number of nitrogens with one attached hydrogen (secondary N) is 1.